The first kappa shape index (κ1) is 18.2. The Morgan fingerprint density at radius 2 is 1.77 bits per heavy atom. The molecule has 4 nitrogen and oxygen atoms in total. The Morgan fingerprint density at radius 1 is 1.04 bits per heavy atom. The van der Waals surface area contributed by atoms with E-state index in [-0.39, 0.29) is 5.91 Å². The van der Waals surface area contributed by atoms with E-state index in [4.69, 9.17) is 23.2 Å². The zero-order chi connectivity index (χ0) is 18.7. The normalized spacial score (nSPS) is 11.1. The summed E-state index contributed by atoms with van der Waals surface area (Å²) in [4.78, 5) is 12.1. The summed E-state index contributed by atoms with van der Waals surface area (Å²) in [6, 6.07) is 16.8. The number of amides is 1. The minimum Gasteiger partial charge on any atom is -0.318 e. The van der Waals surface area contributed by atoms with E-state index < -0.39 is 0 Å². The van der Waals surface area contributed by atoms with Crippen molar-refractivity contribution in [2.45, 2.75) is 13.8 Å². The molecule has 0 fully saturated rings. The van der Waals surface area contributed by atoms with Gasteiger partial charge in [-0.05, 0) is 50.2 Å². The van der Waals surface area contributed by atoms with Gasteiger partial charge in [0.05, 0.1) is 16.3 Å². The summed E-state index contributed by atoms with van der Waals surface area (Å²) >= 11 is 11.8. The maximum absolute atomic E-state index is 12.1. The van der Waals surface area contributed by atoms with E-state index in [2.05, 4.69) is 15.1 Å². The maximum Gasteiger partial charge on any atom is 0.271 e. The number of nitrogens with zero attached hydrogens (tertiary/aromatic N) is 2. The van der Waals surface area contributed by atoms with Gasteiger partial charge in [0.25, 0.3) is 5.91 Å². The number of carbonyl (C=O) groups excluding carboxylic acids is 1. The first-order valence-electron chi connectivity index (χ1n) is 8.00. The molecule has 1 amide bonds. The van der Waals surface area contributed by atoms with E-state index in [9.17, 15) is 4.79 Å². The van der Waals surface area contributed by atoms with Crippen LogP contribution in [0, 0.1) is 13.8 Å². The first-order chi connectivity index (χ1) is 12.5. The van der Waals surface area contributed by atoms with Crippen LogP contribution in [0.3, 0.4) is 0 Å². The van der Waals surface area contributed by atoms with Crippen molar-refractivity contribution < 1.29 is 4.79 Å². The molecule has 0 unspecified atom stereocenters. The summed E-state index contributed by atoms with van der Waals surface area (Å²) in [5, 5.41) is 4.80. The van der Waals surface area contributed by atoms with Crippen LogP contribution >= 0.6 is 23.2 Å². The number of para-hydroxylation sites is 1. The molecule has 1 N–H and O–H groups in total. The lowest BCUT2D eigenvalue weighted by Gasteiger charge is -2.09. The fourth-order valence-corrected chi connectivity index (χ4v) is 3.05. The van der Waals surface area contributed by atoms with Crippen LogP contribution < -0.4 is 5.43 Å². The second-order valence-electron chi connectivity index (χ2n) is 5.83. The molecule has 132 valence electrons. The highest BCUT2D eigenvalue weighted by atomic mass is 35.5. The standard InChI is InChI=1S/C20H17Cl2N3O/c1-13-10-16(14(2)25(13)17-6-4-3-5-7-17)12-23-24-20(26)15-8-9-18(21)19(22)11-15/h3-12H,1-2H3,(H,24,26)/b23-12-. The van der Waals surface area contributed by atoms with E-state index in [0.717, 1.165) is 22.6 Å². The molecule has 0 atom stereocenters. The third-order valence-electron chi connectivity index (χ3n) is 4.04. The topological polar surface area (TPSA) is 46.4 Å². The Balaban J connectivity index is 1.77. The lowest BCUT2D eigenvalue weighted by Crippen LogP contribution is -2.17. The number of benzene rings is 2. The Kier molecular flexibility index (Phi) is 5.45. The Labute approximate surface area is 162 Å². The number of nitrogens with one attached hydrogen (secondary N) is 1. The van der Waals surface area contributed by atoms with Crippen LogP contribution in [0.2, 0.25) is 10.0 Å². The van der Waals surface area contributed by atoms with Gasteiger partial charge < -0.3 is 4.57 Å². The van der Waals surface area contributed by atoms with Crippen molar-refractivity contribution in [2.24, 2.45) is 5.10 Å². The van der Waals surface area contributed by atoms with E-state index in [1.54, 1.807) is 18.3 Å². The number of aromatic nitrogens is 1. The van der Waals surface area contributed by atoms with Crippen LogP contribution in [0.15, 0.2) is 59.7 Å². The van der Waals surface area contributed by atoms with Gasteiger partial charge in [0, 0.05) is 28.2 Å². The average Bonchev–Trinajstić information content (AvgIpc) is 2.91. The van der Waals surface area contributed by atoms with Gasteiger partial charge in [0.1, 0.15) is 0 Å². The summed E-state index contributed by atoms with van der Waals surface area (Å²) < 4.78 is 2.14. The Hall–Kier alpha value is -2.56. The lowest BCUT2D eigenvalue weighted by molar-refractivity contribution is 0.0955. The van der Waals surface area contributed by atoms with Gasteiger partial charge in [-0.15, -0.1) is 0 Å². The molecule has 0 aliphatic carbocycles. The molecule has 0 spiro atoms. The molecule has 6 heteroatoms. The SMILES string of the molecule is Cc1cc(/C=N\NC(=O)c2ccc(Cl)c(Cl)c2)c(C)n1-c1ccccc1. The van der Waals surface area contributed by atoms with Crippen molar-refractivity contribution in [3.05, 3.63) is 87.2 Å². The zero-order valence-corrected chi connectivity index (χ0v) is 15.8. The molecule has 0 saturated carbocycles. The molecule has 3 rings (SSSR count). The zero-order valence-electron chi connectivity index (χ0n) is 14.3. The number of halogens is 2. The number of aryl methyl sites for hydroxylation is 1. The van der Waals surface area contributed by atoms with Gasteiger partial charge in [-0.25, -0.2) is 5.43 Å². The van der Waals surface area contributed by atoms with Crippen LogP contribution in [-0.4, -0.2) is 16.7 Å². The van der Waals surface area contributed by atoms with Crippen molar-refractivity contribution in [3.63, 3.8) is 0 Å². The van der Waals surface area contributed by atoms with E-state index in [1.807, 2.05) is 50.2 Å². The highest BCUT2D eigenvalue weighted by molar-refractivity contribution is 6.42. The maximum atomic E-state index is 12.1. The van der Waals surface area contributed by atoms with Crippen molar-refractivity contribution in [3.8, 4) is 5.69 Å². The summed E-state index contributed by atoms with van der Waals surface area (Å²) in [7, 11) is 0. The molecule has 26 heavy (non-hydrogen) atoms. The predicted molar refractivity (Wildman–Crippen MR) is 107 cm³/mol. The van der Waals surface area contributed by atoms with Crippen molar-refractivity contribution in [2.75, 3.05) is 0 Å². The van der Waals surface area contributed by atoms with Crippen LogP contribution in [0.5, 0.6) is 0 Å². The molecule has 0 aliphatic rings. The number of hydrogen-bond acceptors (Lipinski definition) is 2. The van der Waals surface area contributed by atoms with Crippen molar-refractivity contribution >= 4 is 35.3 Å². The van der Waals surface area contributed by atoms with Gasteiger partial charge in [0.15, 0.2) is 0 Å². The Bertz CT molecular complexity index is 978. The van der Waals surface area contributed by atoms with E-state index >= 15 is 0 Å². The summed E-state index contributed by atoms with van der Waals surface area (Å²) in [5.74, 6) is -0.350. The van der Waals surface area contributed by atoms with Gasteiger partial charge in [-0.1, -0.05) is 41.4 Å². The molecule has 3 aromatic rings. The predicted octanol–water partition coefficient (Wildman–Crippen LogP) is 5.16. The average molecular weight is 386 g/mol. The van der Waals surface area contributed by atoms with Crippen molar-refractivity contribution in [1.82, 2.24) is 9.99 Å². The minimum atomic E-state index is -0.350. The smallest absolute Gasteiger partial charge is 0.271 e. The largest absolute Gasteiger partial charge is 0.318 e. The molecular weight excluding hydrogens is 369 g/mol. The fourth-order valence-electron chi connectivity index (χ4n) is 2.76. The third-order valence-corrected chi connectivity index (χ3v) is 4.78. The molecular formula is C20H17Cl2N3O. The molecule has 1 heterocycles. The van der Waals surface area contributed by atoms with Crippen molar-refractivity contribution in [1.29, 1.82) is 0 Å². The van der Waals surface area contributed by atoms with Crippen LogP contribution in [0.4, 0.5) is 0 Å². The second-order valence-corrected chi connectivity index (χ2v) is 6.64. The molecule has 2 aromatic carbocycles. The summed E-state index contributed by atoms with van der Waals surface area (Å²) in [6.07, 6.45) is 1.64. The fraction of sp³-hybridized carbons (Fsp3) is 0.100. The lowest BCUT2D eigenvalue weighted by atomic mass is 10.2. The monoisotopic (exact) mass is 385 g/mol. The third kappa shape index (κ3) is 3.82. The second kappa shape index (κ2) is 7.77. The van der Waals surface area contributed by atoms with Gasteiger partial charge >= 0.3 is 0 Å². The highest BCUT2D eigenvalue weighted by Gasteiger charge is 2.10. The van der Waals surface area contributed by atoms with Gasteiger partial charge in [0.2, 0.25) is 0 Å². The van der Waals surface area contributed by atoms with E-state index in [1.165, 1.54) is 6.07 Å². The molecule has 0 bridgehead atoms. The first-order valence-corrected chi connectivity index (χ1v) is 8.76. The van der Waals surface area contributed by atoms with Crippen LogP contribution in [0.1, 0.15) is 27.3 Å². The number of hydrazone groups is 1. The van der Waals surface area contributed by atoms with Crippen LogP contribution in [0.25, 0.3) is 5.69 Å². The van der Waals surface area contributed by atoms with E-state index in [0.29, 0.717) is 15.6 Å². The van der Waals surface area contributed by atoms with Gasteiger partial charge in [-0.2, -0.15) is 5.10 Å². The molecule has 0 radical (unpaired) electrons. The Morgan fingerprint density at radius 3 is 2.46 bits per heavy atom. The van der Waals surface area contributed by atoms with Crippen LogP contribution in [-0.2, 0) is 0 Å². The quantitative estimate of drug-likeness (QED) is 0.488. The minimum absolute atomic E-state index is 0.328. The molecule has 0 saturated heterocycles. The number of hydrogen-bond donors (Lipinski definition) is 1. The highest BCUT2D eigenvalue weighted by Crippen LogP contribution is 2.22. The number of carbonyl (C=O) groups is 1. The van der Waals surface area contributed by atoms with Gasteiger partial charge in [-0.3, -0.25) is 4.79 Å². The molecule has 1 aromatic heterocycles. The summed E-state index contributed by atoms with van der Waals surface area (Å²) in [5.41, 5.74) is 7.05. The molecule has 0 aliphatic heterocycles. The number of rotatable bonds is 4. The summed E-state index contributed by atoms with van der Waals surface area (Å²) in [6.45, 7) is 4.05.